The highest BCUT2D eigenvalue weighted by Gasteiger charge is 2.49. The topological polar surface area (TPSA) is 108 Å². The molecule has 3 aromatic carbocycles. The molecule has 4 rings (SSSR count). The molecule has 0 radical (unpaired) electrons. The van der Waals surface area contributed by atoms with Gasteiger partial charge in [0.05, 0.1) is 0 Å². The van der Waals surface area contributed by atoms with Crippen molar-refractivity contribution < 1.29 is 19.2 Å². The highest BCUT2D eigenvalue weighted by molar-refractivity contribution is 6.10. The molecule has 0 bridgehead atoms. The average molecular weight is 430 g/mol. The first-order chi connectivity index (χ1) is 15.3. The Balaban J connectivity index is 1.47. The van der Waals surface area contributed by atoms with Crippen LogP contribution in [0.4, 0.5) is 16.2 Å². The summed E-state index contributed by atoms with van der Waals surface area (Å²) in [7, 11) is 0. The smallest absolute Gasteiger partial charge is 0.325 e. The Morgan fingerprint density at radius 3 is 2.19 bits per heavy atom. The number of fused-ring (bicyclic) bond motifs is 1. The Kier molecular flexibility index (Phi) is 5.36. The number of imide groups is 1. The molecule has 1 saturated heterocycles. The fourth-order valence-corrected chi connectivity index (χ4v) is 3.72. The SMILES string of the molecule is CC(=O)Nc1ccc(NC(=O)CN2C(=O)NC(C)(c3ccc4ccccc4c3)C2=O)cc1. The number of rotatable bonds is 5. The number of amides is 5. The molecule has 162 valence electrons. The van der Waals surface area contributed by atoms with Gasteiger partial charge in [0.2, 0.25) is 11.8 Å². The molecule has 1 heterocycles. The second-order valence-corrected chi connectivity index (χ2v) is 7.82. The minimum absolute atomic E-state index is 0.199. The summed E-state index contributed by atoms with van der Waals surface area (Å²) < 4.78 is 0. The number of carbonyl (C=O) groups is 4. The van der Waals surface area contributed by atoms with Gasteiger partial charge in [0, 0.05) is 18.3 Å². The predicted octanol–water partition coefficient (Wildman–Crippen LogP) is 3.20. The first-order valence-corrected chi connectivity index (χ1v) is 10.1. The lowest BCUT2D eigenvalue weighted by Gasteiger charge is -2.22. The van der Waals surface area contributed by atoms with Crippen molar-refractivity contribution in [3.63, 3.8) is 0 Å². The highest BCUT2D eigenvalue weighted by atomic mass is 16.2. The van der Waals surface area contributed by atoms with Crippen LogP contribution in [0.5, 0.6) is 0 Å². The van der Waals surface area contributed by atoms with Gasteiger partial charge in [0.25, 0.3) is 5.91 Å². The second-order valence-electron chi connectivity index (χ2n) is 7.82. The molecule has 0 aliphatic carbocycles. The van der Waals surface area contributed by atoms with E-state index in [1.165, 1.54) is 6.92 Å². The monoisotopic (exact) mass is 430 g/mol. The highest BCUT2D eigenvalue weighted by Crippen LogP contribution is 2.31. The molecule has 8 heteroatoms. The molecule has 0 saturated carbocycles. The summed E-state index contributed by atoms with van der Waals surface area (Å²) in [5, 5.41) is 9.99. The average Bonchev–Trinajstić information content (AvgIpc) is 2.98. The van der Waals surface area contributed by atoms with Gasteiger partial charge in [-0.15, -0.1) is 0 Å². The molecule has 32 heavy (non-hydrogen) atoms. The Hall–Kier alpha value is -4.20. The van der Waals surface area contributed by atoms with Gasteiger partial charge in [-0.1, -0.05) is 36.4 Å². The van der Waals surface area contributed by atoms with Gasteiger partial charge in [-0.3, -0.25) is 19.3 Å². The van der Waals surface area contributed by atoms with Crippen molar-refractivity contribution in [3.8, 4) is 0 Å². The molecule has 0 spiro atoms. The summed E-state index contributed by atoms with van der Waals surface area (Å²) in [4.78, 5) is 50.2. The normalized spacial score (nSPS) is 17.9. The van der Waals surface area contributed by atoms with Gasteiger partial charge in [-0.25, -0.2) is 4.79 Å². The van der Waals surface area contributed by atoms with Crippen LogP contribution in [0.2, 0.25) is 0 Å². The standard InChI is InChI=1S/C24H22N4O4/c1-15(29)25-19-9-11-20(12-10-19)26-21(30)14-28-22(31)24(2,27-23(28)32)18-8-7-16-5-3-4-6-17(16)13-18/h3-13H,14H2,1-2H3,(H,25,29)(H,26,30)(H,27,32). The number of urea groups is 1. The van der Waals surface area contributed by atoms with Crippen molar-refractivity contribution in [2.24, 2.45) is 0 Å². The third-order valence-electron chi connectivity index (χ3n) is 5.39. The predicted molar refractivity (Wildman–Crippen MR) is 121 cm³/mol. The van der Waals surface area contributed by atoms with Crippen molar-refractivity contribution in [1.82, 2.24) is 10.2 Å². The number of carbonyl (C=O) groups excluding carboxylic acids is 4. The first-order valence-electron chi connectivity index (χ1n) is 10.1. The Morgan fingerprint density at radius 2 is 1.53 bits per heavy atom. The zero-order valence-electron chi connectivity index (χ0n) is 17.6. The zero-order valence-corrected chi connectivity index (χ0v) is 17.6. The van der Waals surface area contributed by atoms with E-state index in [4.69, 9.17) is 0 Å². The van der Waals surface area contributed by atoms with E-state index in [-0.39, 0.29) is 5.91 Å². The third kappa shape index (κ3) is 4.02. The molecular formula is C24H22N4O4. The maximum atomic E-state index is 13.1. The molecule has 1 aliphatic heterocycles. The van der Waals surface area contributed by atoms with Crippen LogP contribution in [0.15, 0.2) is 66.7 Å². The van der Waals surface area contributed by atoms with E-state index in [9.17, 15) is 19.2 Å². The summed E-state index contributed by atoms with van der Waals surface area (Å²) in [6.07, 6.45) is 0. The minimum Gasteiger partial charge on any atom is -0.326 e. The Bertz CT molecular complexity index is 1240. The van der Waals surface area contributed by atoms with E-state index in [1.54, 1.807) is 37.3 Å². The lowest BCUT2D eigenvalue weighted by Crippen LogP contribution is -2.42. The van der Waals surface area contributed by atoms with Crippen LogP contribution in [-0.2, 0) is 19.9 Å². The van der Waals surface area contributed by atoms with Crippen LogP contribution in [0.1, 0.15) is 19.4 Å². The summed E-state index contributed by atoms with van der Waals surface area (Å²) in [5.41, 5.74) is 0.455. The molecule has 1 atom stereocenters. The molecule has 3 aromatic rings. The van der Waals surface area contributed by atoms with E-state index < -0.39 is 29.9 Å². The molecule has 1 aliphatic rings. The lowest BCUT2D eigenvalue weighted by atomic mass is 9.90. The molecule has 1 unspecified atom stereocenters. The fourth-order valence-electron chi connectivity index (χ4n) is 3.72. The molecule has 1 fully saturated rings. The maximum Gasteiger partial charge on any atom is 0.325 e. The number of anilines is 2. The van der Waals surface area contributed by atoms with Crippen molar-refractivity contribution in [2.75, 3.05) is 17.2 Å². The second kappa shape index (κ2) is 8.14. The molecular weight excluding hydrogens is 408 g/mol. The van der Waals surface area contributed by atoms with E-state index in [1.807, 2.05) is 36.4 Å². The van der Waals surface area contributed by atoms with Crippen molar-refractivity contribution in [2.45, 2.75) is 19.4 Å². The zero-order chi connectivity index (χ0) is 22.9. The number of benzene rings is 3. The quantitative estimate of drug-likeness (QED) is 0.540. The molecule has 0 aromatic heterocycles. The van der Waals surface area contributed by atoms with Crippen molar-refractivity contribution in [1.29, 1.82) is 0 Å². The van der Waals surface area contributed by atoms with Crippen LogP contribution < -0.4 is 16.0 Å². The summed E-state index contributed by atoms with van der Waals surface area (Å²) >= 11 is 0. The molecule has 5 amide bonds. The number of hydrogen-bond donors (Lipinski definition) is 3. The summed E-state index contributed by atoms with van der Waals surface area (Å²) in [6.45, 7) is 2.62. The van der Waals surface area contributed by atoms with Crippen molar-refractivity contribution in [3.05, 3.63) is 72.3 Å². The van der Waals surface area contributed by atoms with Crippen LogP contribution in [0, 0.1) is 0 Å². The molecule has 3 N–H and O–H groups in total. The van der Waals surface area contributed by atoms with Crippen LogP contribution in [0.3, 0.4) is 0 Å². The van der Waals surface area contributed by atoms with E-state index >= 15 is 0 Å². The largest absolute Gasteiger partial charge is 0.326 e. The van der Waals surface area contributed by atoms with Gasteiger partial charge in [-0.2, -0.15) is 0 Å². The summed E-state index contributed by atoms with van der Waals surface area (Å²) in [6, 6.07) is 19.2. The van der Waals surface area contributed by atoms with Gasteiger partial charge in [-0.05, 0) is 53.6 Å². The Labute approximate surface area is 184 Å². The van der Waals surface area contributed by atoms with Crippen LogP contribution in [0.25, 0.3) is 10.8 Å². The number of nitrogens with zero attached hydrogens (tertiary/aromatic N) is 1. The third-order valence-corrected chi connectivity index (χ3v) is 5.39. The van der Waals surface area contributed by atoms with Gasteiger partial charge < -0.3 is 16.0 Å². The van der Waals surface area contributed by atoms with E-state index in [2.05, 4.69) is 16.0 Å². The number of hydrogen-bond acceptors (Lipinski definition) is 4. The van der Waals surface area contributed by atoms with Gasteiger partial charge in [0.15, 0.2) is 0 Å². The number of nitrogens with one attached hydrogen (secondary N) is 3. The minimum atomic E-state index is -1.26. The van der Waals surface area contributed by atoms with Gasteiger partial charge >= 0.3 is 6.03 Å². The fraction of sp³-hybridized carbons (Fsp3) is 0.167. The Morgan fingerprint density at radius 1 is 0.906 bits per heavy atom. The van der Waals surface area contributed by atoms with E-state index in [0.29, 0.717) is 16.9 Å². The van der Waals surface area contributed by atoms with Crippen LogP contribution in [-0.4, -0.2) is 35.2 Å². The summed E-state index contributed by atoms with van der Waals surface area (Å²) in [5.74, 6) is -1.20. The lowest BCUT2D eigenvalue weighted by molar-refractivity contribution is -0.133. The maximum absolute atomic E-state index is 13.1. The van der Waals surface area contributed by atoms with Gasteiger partial charge in [0.1, 0.15) is 12.1 Å². The van der Waals surface area contributed by atoms with Crippen molar-refractivity contribution >= 4 is 45.9 Å². The van der Waals surface area contributed by atoms with E-state index in [0.717, 1.165) is 15.7 Å². The molecule has 8 nitrogen and oxygen atoms in total. The van der Waals surface area contributed by atoms with Crippen LogP contribution >= 0.6 is 0 Å². The first kappa shape index (κ1) is 21.0.